The van der Waals surface area contributed by atoms with Crippen LogP contribution in [-0.4, -0.2) is 41.6 Å². The number of hydrogen-bond acceptors (Lipinski definition) is 4. The molecule has 0 aromatic carbocycles. The van der Waals surface area contributed by atoms with E-state index in [4.69, 9.17) is 9.47 Å². The molecule has 1 saturated heterocycles. The molecule has 0 atom stereocenters. The Labute approximate surface area is 119 Å². The van der Waals surface area contributed by atoms with Crippen molar-refractivity contribution in [2.45, 2.75) is 58.2 Å². The molecule has 0 unspecified atom stereocenters. The Morgan fingerprint density at radius 2 is 1.95 bits per heavy atom. The number of allylic oxidation sites excluding steroid dienone is 1. The summed E-state index contributed by atoms with van der Waals surface area (Å²) >= 11 is 0. The van der Waals surface area contributed by atoms with Gasteiger partial charge in [0.05, 0.1) is 0 Å². The van der Waals surface area contributed by atoms with Gasteiger partial charge in [-0.25, -0.2) is 4.79 Å². The standard InChI is InChI=1S/C15H23NO4/c1-11-12(10-17)9-15(19-11)5-7-16(8-6-15)13(18)20-14(2,3)4/h10H,5-9H2,1-4H3. The average Bonchev–Trinajstić information content (AvgIpc) is 2.64. The Hall–Kier alpha value is -1.52. The summed E-state index contributed by atoms with van der Waals surface area (Å²) in [6.07, 6.45) is 2.74. The summed E-state index contributed by atoms with van der Waals surface area (Å²) in [5, 5.41) is 0. The average molecular weight is 281 g/mol. The van der Waals surface area contributed by atoms with Crippen molar-refractivity contribution >= 4 is 12.4 Å². The Bertz CT molecular complexity index is 439. The van der Waals surface area contributed by atoms with Crippen LogP contribution in [0.4, 0.5) is 4.79 Å². The predicted molar refractivity (Wildman–Crippen MR) is 74.2 cm³/mol. The molecule has 5 heteroatoms. The molecule has 2 heterocycles. The van der Waals surface area contributed by atoms with E-state index in [1.165, 1.54) is 0 Å². The molecule has 112 valence electrons. The summed E-state index contributed by atoms with van der Waals surface area (Å²) in [4.78, 5) is 24.7. The van der Waals surface area contributed by atoms with Crippen LogP contribution in [0.3, 0.4) is 0 Å². The van der Waals surface area contributed by atoms with E-state index >= 15 is 0 Å². The topological polar surface area (TPSA) is 55.8 Å². The van der Waals surface area contributed by atoms with E-state index in [0.29, 0.717) is 19.5 Å². The number of carbonyl (C=O) groups is 2. The van der Waals surface area contributed by atoms with Crippen molar-refractivity contribution < 1.29 is 19.1 Å². The Morgan fingerprint density at radius 3 is 2.40 bits per heavy atom. The Kier molecular flexibility index (Phi) is 3.80. The van der Waals surface area contributed by atoms with E-state index < -0.39 is 5.60 Å². The van der Waals surface area contributed by atoms with Crippen LogP contribution in [-0.2, 0) is 14.3 Å². The lowest BCUT2D eigenvalue weighted by molar-refractivity contribution is -0.105. The largest absolute Gasteiger partial charge is 0.491 e. The molecule has 1 amide bonds. The van der Waals surface area contributed by atoms with Gasteiger partial charge in [0.15, 0.2) is 0 Å². The van der Waals surface area contributed by atoms with Crippen LogP contribution < -0.4 is 0 Å². The second-order valence-corrected chi connectivity index (χ2v) is 6.63. The van der Waals surface area contributed by atoms with Crippen molar-refractivity contribution in [3.63, 3.8) is 0 Å². The van der Waals surface area contributed by atoms with Gasteiger partial charge in [-0.05, 0) is 27.7 Å². The number of ether oxygens (including phenoxy) is 2. The van der Waals surface area contributed by atoms with Gasteiger partial charge in [0.2, 0.25) is 0 Å². The fourth-order valence-electron chi connectivity index (χ4n) is 2.72. The highest BCUT2D eigenvalue weighted by molar-refractivity contribution is 5.75. The highest BCUT2D eigenvalue weighted by Crippen LogP contribution is 2.40. The zero-order valence-corrected chi connectivity index (χ0v) is 12.7. The smallest absolute Gasteiger partial charge is 0.410 e. The molecule has 2 aliphatic rings. The monoisotopic (exact) mass is 281 g/mol. The second-order valence-electron chi connectivity index (χ2n) is 6.63. The van der Waals surface area contributed by atoms with Crippen molar-refractivity contribution in [2.24, 2.45) is 0 Å². The van der Waals surface area contributed by atoms with Crippen molar-refractivity contribution in [3.05, 3.63) is 11.3 Å². The van der Waals surface area contributed by atoms with Crippen LogP contribution in [0.1, 0.15) is 47.0 Å². The van der Waals surface area contributed by atoms with E-state index in [-0.39, 0.29) is 11.7 Å². The van der Waals surface area contributed by atoms with E-state index in [9.17, 15) is 9.59 Å². The predicted octanol–water partition coefficient (Wildman–Crippen LogP) is 2.65. The lowest BCUT2D eigenvalue weighted by Gasteiger charge is -2.39. The highest BCUT2D eigenvalue weighted by Gasteiger charge is 2.43. The summed E-state index contributed by atoms with van der Waals surface area (Å²) in [5.41, 5.74) is -0.0201. The molecule has 0 saturated carbocycles. The molecule has 20 heavy (non-hydrogen) atoms. The molecule has 0 bridgehead atoms. The molecular weight excluding hydrogens is 258 g/mol. The minimum Gasteiger partial charge on any atom is -0.491 e. The maximum Gasteiger partial charge on any atom is 0.410 e. The molecule has 0 aromatic rings. The van der Waals surface area contributed by atoms with Gasteiger partial charge in [0, 0.05) is 37.9 Å². The number of amides is 1. The van der Waals surface area contributed by atoms with Crippen LogP contribution in [0.25, 0.3) is 0 Å². The summed E-state index contributed by atoms with van der Waals surface area (Å²) in [6.45, 7) is 8.63. The zero-order chi connectivity index (χ0) is 15.0. The van der Waals surface area contributed by atoms with E-state index in [0.717, 1.165) is 30.5 Å². The van der Waals surface area contributed by atoms with E-state index in [2.05, 4.69) is 0 Å². The van der Waals surface area contributed by atoms with Crippen LogP contribution >= 0.6 is 0 Å². The number of nitrogens with zero attached hydrogens (tertiary/aromatic N) is 1. The zero-order valence-electron chi connectivity index (χ0n) is 12.7. The van der Waals surface area contributed by atoms with Crippen LogP contribution in [0.15, 0.2) is 11.3 Å². The second kappa shape index (κ2) is 5.11. The highest BCUT2D eigenvalue weighted by atomic mass is 16.6. The minimum atomic E-state index is -0.473. The van der Waals surface area contributed by atoms with Crippen molar-refractivity contribution in [1.82, 2.24) is 4.90 Å². The van der Waals surface area contributed by atoms with Crippen molar-refractivity contribution in [1.29, 1.82) is 0 Å². The van der Waals surface area contributed by atoms with Crippen LogP contribution in [0.5, 0.6) is 0 Å². The molecule has 5 nitrogen and oxygen atoms in total. The van der Waals surface area contributed by atoms with Gasteiger partial charge in [-0.3, -0.25) is 4.79 Å². The third kappa shape index (κ3) is 3.14. The quantitative estimate of drug-likeness (QED) is 0.693. The maximum absolute atomic E-state index is 12.0. The number of hydrogen-bond donors (Lipinski definition) is 0. The van der Waals surface area contributed by atoms with Crippen molar-refractivity contribution in [3.8, 4) is 0 Å². The first-order valence-corrected chi connectivity index (χ1v) is 7.07. The Morgan fingerprint density at radius 1 is 1.35 bits per heavy atom. The first-order chi connectivity index (χ1) is 9.25. The molecule has 0 radical (unpaired) electrons. The molecule has 1 spiro atoms. The summed E-state index contributed by atoms with van der Waals surface area (Å²) < 4.78 is 11.3. The number of aldehydes is 1. The molecule has 1 fully saturated rings. The van der Waals surface area contributed by atoms with Crippen LogP contribution in [0, 0.1) is 0 Å². The third-order valence-electron chi connectivity index (χ3n) is 3.80. The number of carbonyl (C=O) groups excluding carboxylic acids is 2. The minimum absolute atomic E-state index is 0.273. The normalized spacial score (nSPS) is 21.9. The molecular formula is C15H23NO4. The lowest BCUT2D eigenvalue weighted by atomic mass is 9.87. The van der Waals surface area contributed by atoms with Crippen molar-refractivity contribution in [2.75, 3.05) is 13.1 Å². The lowest BCUT2D eigenvalue weighted by Crippen LogP contribution is -2.48. The maximum atomic E-state index is 12.0. The first kappa shape index (κ1) is 14.9. The van der Waals surface area contributed by atoms with Gasteiger partial charge < -0.3 is 14.4 Å². The number of piperidine rings is 1. The molecule has 2 rings (SSSR count). The molecule has 0 N–H and O–H groups in total. The van der Waals surface area contributed by atoms with Gasteiger partial charge in [0.1, 0.15) is 23.2 Å². The molecule has 0 aliphatic carbocycles. The number of likely N-dealkylation sites (tertiary alicyclic amines) is 1. The van der Waals surface area contributed by atoms with Gasteiger partial charge in [-0.2, -0.15) is 0 Å². The van der Waals surface area contributed by atoms with Gasteiger partial charge >= 0.3 is 6.09 Å². The van der Waals surface area contributed by atoms with E-state index in [1.807, 2.05) is 27.7 Å². The van der Waals surface area contributed by atoms with E-state index in [1.54, 1.807) is 4.90 Å². The van der Waals surface area contributed by atoms with Gasteiger partial charge in [-0.1, -0.05) is 0 Å². The third-order valence-corrected chi connectivity index (χ3v) is 3.80. The van der Waals surface area contributed by atoms with Crippen LogP contribution in [0.2, 0.25) is 0 Å². The number of rotatable bonds is 1. The first-order valence-electron chi connectivity index (χ1n) is 7.07. The summed E-state index contributed by atoms with van der Waals surface area (Å²) in [5.74, 6) is 0.728. The SMILES string of the molecule is CC1=C(C=O)CC2(CCN(C(=O)OC(C)(C)C)CC2)O1. The fraction of sp³-hybridized carbons (Fsp3) is 0.733. The molecule has 0 aromatic heterocycles. The fourth-order valence-corrected chi connectivity index (χ4v) is 2.72. The summed E-state index contributed by atoms with van der Waals surface area (Å²) in [6, 6.07) is 0. The van der Waals surface area contributed by atoms with Gasteiger partial charge in [0.25, 0.3) is 0 Å². The molecule has 2 aliphatic heterocycles. The Balaban J connectivity index is 1.91. The van der Waals surface area contributed by atoms with Gasteiger partial charge in [-0.15, -0.1) is 0 Å². The summed E-state index contributed by atoms with van der Waals surface area (Å²) in [7, 11) is 0.